The molecule has 0 saturated heterocycles. The molecule has 0 saturated carbocycles. The van der Waals surface area contributed by atoms with Crippen molar-refractivity contribution in [3.63, 3.8) is 0 Å². The third-order valence-electron chi connectivity index (χ3n) is 3.17. The van der Waals surface area contributed by atoms with Crippen LogP contribution in [0.4, 0.5) is 13.9 Å². The van der Waals surface area contributed by atoms with E-state index in [9.17, 15) is 13.6 Å². The van der Waals surface area contributed by atoms with Gasteiger partial charge in [-0.3, -0.25) is 10.1 Å². The maximum Gasteiger partial charge on any atom is 0.264 e. The summed E-state index contributed by atoms with van der Waals surface area (Å²) in [4.78, 5) is 16.2. The van der Waals surface area contributed by atoms with Gasteiger partial charge in [0.15, 0.2) is 23.3 Å². The number of halogens is 2. The molecule has 3 rings (SSSR count). The van der Waals surface area contributed by atoms with Gasteiger partial charge in [0.1, 0.15) is 11.6 Å². The van der Waals surface area contributed by atoms with Gasteiger partial charge in [0.2, 0.25) is 0 Å². The van der Waals surface area contributed by atoms with Crippen molar-refractivity contribution in [1.82, 2.24) is 4.98 Å². The van der Waals surface area contributed by atoms with E-state index in [1.54, 1.807) is 12.1 Å². The summed E-state index contributed by atoms with van der Waals surface area (Å²) in [5, 5.41) is 2.99. The van der Waals surface area contributed by atoms with Gasteiger partial charge < -0.3 is 9.47 Å². The number of nitrogens with one attached hydrogen (secondary N) is 1. The van der Waals surface area contributed by atoms with Crippen LogP contribution in [-0.2, 0) is 4.79 Å². The van der Waals surface area contributed by atoms with Crippen LogP contribution >= 0.6 is 11.3 Å². The fraction of sp³-hybridized carbons (Fsp3) is 0.176. The fourth-order valence-corrected chi connectivity index (χ4v) is 3.02. The summed E-state index contributed by atoms with van der Waals surface area (Å²) in [6.45, 7) is 2.04. The lowest BCUT2D eigenvalue weighted by molar-refractivity contribution is -0.118. The molecule has 1 aromatic heterocycles. The van der Waals surface area contributed by atoms with Gasteiger partial charge in [-0.1, -0.05) is 11.3 Å². The third-order valence-corrected chi connectivity index (χ3v) is 4.10. The summed E-state index contributed by atoms with van der Waals surface area (Å²) >= 11 is 1.29. The molecule has 8 heteroatoms. The van der Waals surface area contributed by atoms with E-state index in [1.807, 2.05) is 13.0 Å². The van der Waals surface area contributed by atoms with Crippen LogP contribution in [0.25, 0.3) is 10.2 Å². The number of hydrogen-bond acceptors (Lipinski definition) is 5. The van der Waals surface area contributed by atoms with Gasteiger partial charge in [0, 0.05) is 6.07 Å². The standard InChI is InChI=1S/C17H14F2N2O3S/c1-2-23-11-4-5-13-15(8-11)25-17(20-13)21-16(22)9-24-14-6-3-10(18)7-12(14)19/h3-8H,2,9H2,1H3,(H,20,21,22). The number of hydrogen-bond donors (Lipinski definition) is 1. The summed E-state index contributed by atoms with van der Waals surface area (Å²) in [5.74, 6) is -1.53. The summed E-state index contributed by atoms with van der Waals surface area (Å²) in [6, 6.07) is 8.33. The predicted octanol–water partition coefficient (Wildman–Crippen LogP) is 3.99. The molecular formula is C17H14F2N2O3S. The maximum absolute atomic E-state index is 13.4. The largest absolute Gasteiger partial charge is 0.494 e. The van der Waals surface area contributed by atoms with E-state index in [2.05, 4.69) is 10.3 Å². The monoisotopic (exact) mass is 364 g/mol. The highest BCUT2D eigenvalue weighted by Crippen LogP contribution is 2.29. The molecule has 0 fully saturated rings. The highest BCUT2D eigenvalue weighted by atomic mass is 32.1. The van der Waals surface area contributed by atoms with Gasteiger partial charge in [0.05, 0.1) is 16.8 Å². The summed E-state index contributed by atoms with van der Waals surface area (Å²) in [5.41, 5.74) is 0.731. The predicted molar refractivity (Wildman–Crippen MR) is 91.3 cm³/mol. The lowest BCUT2D eigenvalue weighted by Gasteiger charge is -2.06. The number of benzene rings is 2. The maximum atomic E-state index is 13.4. The number of anilines is 1. The van der Waals surface area contributed by atoms with Crippen LogP contribution in [0.3, 0.4) is 0 Å². The molecule has 0 spiro atoms. The van der Waals surface area contributed by atoms with Crippen molar-refractivity contribution in [3.8, 4) is 11.5 Å². The van der Waals surface area contributed by atoms with E-state index in [-0.39, 0.29) is 5.75 Å². The lowest BCUT2D eigenvalue weighted by Crippen LogP contribution is -2.20. The normalized spacial score (nSPS) is 10.7. The van der Waals surface area contributed by atoms with Crippen LogP contribution in [-0.4, -0.2) is 24.1 Å². The molecule has 0 bridgehead atoms. The SMILES string of the molecule is CCOc1ccc2nc(NC(=O)COc3ccc(F)cc3F)sc2c1. The number of aromatic nitrogens is 1. The first kappa shape index (κ1) is 17.1. The molecule has 0 aliphatic heterocycles. The van der Waals surface area contributed by atoms with Gasteiger partial charge in [0.25, 0.3) is 5.91 Å². The van der Waals surface area contributed by atoms with Crippen molar-refractivity contribution >= 4 is 32.6 Å². The Bertz CT molecular complexity index is 914. The molecule has 5 nitrogen and oxygen atoms in total. The van der Waals surface area contributed by atoms with E-state index in [1.165, 1.54) is 11.3 Å². The van der Waals surface area contributed by atoms with Gasteiger partial charge in [-0.05, 0) is 37.3 Å². The van der Waals surface area contributed by atoms with Crippen molar-refractivity contribution in [2.75, 3.05) is 18.5 Å². The van der Waals surface area contributed by atoms with Crippen LogP contribution < -0.4 is 14.8 Å². The molecule has 0 aliphatic rings. The first-order valence-corrected chi connectivity index (χ1v) is 8.28. The molecule has 1 amide bonds. The zero-order valence-corrected chi connectivity index (χ0v) is 14.0. The molecular weight excluding hydrogens is 350 g/mol. The molecule has 3 aromatic rings. The van der Waals surface area contributed by atoms with E-state index >= 15 is 0 Å². The van der Waals surface area contributed by atoms with Crippen LogP contribution in [0, 0.1) is 11.6 Å². The van der Waals surface area contributed by atoms with Crippen LogP contribution in [0.1, 0.15) is 6.92 Å². The summed E-state index contributed by atoms with van der Waals surface area (Å²) in [7, 11) is 0. The zero-order chi connectivity index (χ0) is 17.8. The van der Waals surface area contributed by atoms with Crippen molar-refractivity contribution in [1.29, 1.82) is 0 Å². The number of ether oxygens (including phenoxy) is 2. The number of nitrogens with zero attached hydrogens (tertiary/aromatic N) is 1. The first-order chi connectivity index (χ1) is 12.0. The first-order valence-electron chi connectivity index (χ1n) is 7.46. The van der Waals surface area contributed by atoms with E-state index in [4.69, 9.17) is 9.47 Å². The molecule has 0 aliphatic carbocycles. The van der Waals surface area contributed by atoms with Gasteiger partial charge in [-0.25, -0.2) is 13.8 Å². The molecule has 130 valence electrons. The Hall–Kier alpha value is -2.74. The van der Waals surface area contributed by atoms with Crippen LogP contribution in [0.5, 0.6) is 11.5 Å². The number of fused-ring (bicyclic) bond motifs is 1. The van der Waals surface area contributed by atoms with Gasteiger partial charge >= 0.3 is 0 Å². The smallest absolute Gasteiger partial charge is 0.264 e. The Labute approximate surface area is 146 Å². The molecule has 1 heterocycles. The quantitative estimate of drug-likeness (QED) is 0.718. The minimum Gasteiger partial charge on any atom is -0.494 e. The lowest BCUT2D eigenvalue weighted by atomic mass is 10.3. The van der Waals surface area contributed by atoms with Crippen LogP contribution in [0.2, 0.25) is 0 Å². The Balaban J connectivity index is 1.63. The van der Waals surface area contributed by atoms with E-state index in [0.29, 0.717) is 17.8 Å². The Morgan fingerprint density at radius 1 is 1.20 bits per heavy atom. The molecule has 1 N–H and O–H groups in total. The number of carbonyl (C=O) groups is 1. The van der Waals surface area contributed by atoms with Crippen molar-refractivity contribution < 1.29 is 23.0 Å². The third kappa shape index (κ3) is 4.21. The fourth-order valence-electron chi connectivity index (χ4n) is 2.11. The molecule has 2 aromatic carbocycles. The van der Waals surface area contributed by atoms with Crippen molar-refractivity contribution in [2.45, 2.75) is 6.92 Å². The number of rotatable bonds is 6. The van der Waals surface area contributed by atoms with Gasteiger partial charge in [-0.2, -0.15) is 0 Å². The van der Waals surface area contributed by atoms with Crippen molar-refractivity contribution in [2.24, 2.45) is 0 Å². The van der Waals surface area contributed by atoms with Crippen molar-refractivity contribution in [3.05, 3.63) is 48.0 Å². The highest BCUT2D eigenvalue weighted by Gasteiger charge is 2.11. The van der Waals surface area contributed by atoms with E-state index in [0.717, 1.165) is 28.1 Å². The molecule has 0 unspecified atom stereocenters. The Morgan fingerprint density at radius 3 is 2.80 bits per heavy atom. The zero-order valence-electron chi connectivity index (χ0n) is 13.2. The topological polar surface area (TPSA) is 60.5 Å². The van der Waals surface area contributed by atoms with E-state index < -0.39 is 24.1 Å². The minimum absolute atomic E-state index is 0.192. The molecule has 0 atom stereocenters. The van der Waals surface area contributed by atoms with Gasteiger partial charge in [-0.15, -0.1) is 0 Å². The average molecular weight is 364 g/mol. The average Bonchev–Trinajstić information content (AvgIpc) is 2.95. The van der Waals surface area contributed by atoms with Crippen LogP contribution in [0.15, 0.2) is 36.4 Å². The Morgan fingerprint density at radius 2 is 2.04 bits per heavy atom. The highest BCUT2D eigenvalue weighted by molar-refractivity contribution is 7.22. The number of carbonyl (C=O) groups excluding carboxylic acids is 1. The minimum atomic E-state index is -0.865. The second kappa shape index (κ2) is 7.43. The summed E-state index contributed by atoms with van der Waals surface area (Å²) in [6.07, 6.45) is 0. The molecule has 0 radical (unpaired) electrons. The Kier molecular flexibility index (Phi) is 5.08. The summed E-state index contributed by atoms with van der Waals surface area (Å²) < 4.78 is 37.6. The second-order valence-electron chi connectivity index (χ2n) is 4.99. The number of amides is 1. The second-order valence-corrected chi connectivity index (χ2v) is 6.02. The molecule has 25 heavy (non-hydrogen) atoms. The number of thiazole rings is 1.